The molecule has 0 saturated heterocycles. The molecule has 0 radical (unpaired) electrons. The third kappa shape index (κ3) is 3.66. The molecule has 76 valence electrons. The maximum atomic E-state index is 4.28. The van der Waals surface area contributed by atoms with Crippen molar-refractivity contribution >= 4 is 5.96 Å². The zero-order chi connectivity index (χ0) is 9.52. The number of aliphatic imine (C=N–C) groups is 1. The van der Waals surface area contributed by atoms with Gasteiger partial charge in [-0.2, -0.15) is 0 Å². The van der Waals surface area contributed by atoms with E-state index in [9.17, 15) is 0 Å². The zero-order valence-electron chi connectivity index (χ0n) is 8.77. The minimum absolute atomic E-state index is 0.870. The van der Waals surface area contributed by atoms with Gasteiger partial charge in [-0.1, -0.05) is 26.7 Å². The topological polar surface area (TPSA) is 36.4 Å². The van der Waals surface area contributed by atoms with Crippen LogP contribution in [-0.2, 0) is 0 Å². The van der Waals surface area contributed by atoms with Gasteiger partial charge in [0.25, 0.3) is 0 Å². The summed E-state index contributed by atoms with van der Waals surface area (Å²) in [5, 5.41) is 6.52. The number of hydrogen-bond donors (Lipinski definition) is 2. The fourth-order valence-corrected chi connectivity index (χ4v) is 1.61. The van der Waals surface area contributed by atoms with Crippen LogP contribution in [0.25, 0.3) is 0 Å². The molecule has 13 heavy (non-hydrogen) atoms. The largest absolute Gasteiger partial charge is 0.356 e. The Labute approximate surface area is 81.0 Å². The zero-order valence-corrected chi connectivity index (χ0v) is 8.77. The molecule has 1 aliphatic heterocycles. The van der Waals surface area contributed by atoms with Crippen molar-refractivity contribution in [1.82, 2.24) is 10.6 Å². The summed E-state index contributed by atoms with van der Waals surface area (Å²) in [5.41, 5.74) is 0. The van der Waals surface area contributed by atoms with Crippen molar-refractivity contribution < 1.29 is 0 Å². The molecule has 0 aromatic carbocycles. The van der Waals surface area contributed by atoms with Crippen LogP contribution < -0.4 is 10.6 Å². The SMILES string of the molecule is CCC(CC)CCNC1=NCCN1. The van der Waals surface area contributed by atoms with Crippen LogP contribution in [0.1, 0.15) is 33.1 Å². The maximum Gasteiger partial charge on any atom is 0.191 e. The summed E-state index contributed by atoms with van der Waals surface area (Å²) in [4.78, 5) is 4.28. The van der Waals surface area contributed by atoms with E-state index in [0.29, 0.717) is 0 Å². The molecule has 0 bridgehead atoms. The fourth-order valence-electron chi connectivity index (χ4n) is 1.61. The first-order valence-electron chi connectivity index (χ1n) is 5.39. The maximum absolute atomic E-state index is 4.28. The Morgan fingerprint density at radius 1 is 1.46 bits per heavy atom. The van der Waals surface area contributed by atoms with Crippen molar-refractivity contribution in [1.29, 1.82) is 0 Å². The quantitative estimate of drug-likeness (QED) is 0.675. The van der Waals surface area contributed by atoms with Gasteiger partial charge >= 0.3 is 0 Å². The van der Waals surface area contributed by atoms with E-state index in [1.54, 1.807) is 0 Å². The Bertz CT molecular complexity index is 162. The average Bonchev–Trinajstić information content (AvgIpc) is 2.65. The normalized spacial score (nSPS) is 15.8. The van der Waals surface area contributed by atoms with Crippen LogP contribution in [0.4, 0.5) is 0 Å². The smallest absolute Gasteiger partial charge is 0.191 e. The Morgan fingerprint density at radius 3 is 2.77 bits per heavy atom. The highest BCUT2D eigenvalue weighted by molar-refractivity contribution is 5.81. The van der Waals surface area contributed by atoms with Crippen molar-refractivity contribution in [3.05, 3.63) is 0 Å². The summed E-state index contributed by atoms with van der Waals surface area (Å²) in [6.07, 6.45) is 3.84. The van der Waals surface area contributed by atoms with E-state index in [-0.39, 0.29) is 0 Å². The van der Waals surface area contributed by atoms with Crippen LogP contribution in [0.3, 0.4) is 0 Å². The lowest BCUT2D eigenvalue weighted by molar-refractivity contribution is 0.454. The minimum Gasteiger partial charge on any atom is -0.356 e. The molecule has 0 unspecified atom stereocenters. The number of guanidine groups is 1. The number of rotatable bonds is 5. The molecular weight excluding hydrogens is 162 g/mol. The van der Waals surface area contributed by atoms with Gasteiger partial charge in [-0.3, -0.25) is 4.99 Å². The molecule has 1 rings (SSSR count). The summed E-state index contributed by atoms with van der Waals surface area (Å²) in [7, 11) is 0. The molecular formula is C10H21N3. The molecule has 0 spiro atoms. The molecule has 0 aromatic heterocycles. The second kappa shape index (κ2) is 5.84. The number of hydrogen-bond acceptors (Lipinski definition) is 3. The van der Waals surface area contributed by atoms with E-state index >= 15 is 0 Å². The third-order valence-corrected chi connectivity index (χ3v) is 2.67. The molecule has 0 atom stereocenters. The Hall–Kier alpha value is -0.730. The third-order valence-electron chi connectivity index (χ3n) is 2.67. The predicted molar refractivity (Wildman–Crippen MR) is 57.0 cm³/mol. The van der Waals surface area contributed by atoms with Crippen molar-refractivity contribution in [2.24, 2.45) is 10.9 Å². The van der Waals surface area contributed by atoms with Crippen LogP contribution in [0.5, 0.6) is 0 Å². The first kappa shape index (κ1) is 10.4. The van der Waals surface area contributed by atoms with E-state index < -0.39 is 0 Å². The average molecular weight is 183 g/mol. The molecule has 0 aromatic rings. The van der Waals surface area contributed by atoms with Gasteiger partial charge in [-0.25, -0.2) is 0 Å². The second-order valence-corrected chi connectivity index (χ2v) is 3.56. The first-order chi connectivity index (χ1) is 6.36. The molecule has 1 heterocycles. The molecule has 0 aliphatic carbocycles. The van der Waals surface area contributed by atoms with Crippen LogP contribution >= 0.6 is 0 Å². The van der Waals surface area contributed by atoms with Crippen LogP contribution in [0.2, 0.25) is 0 Å². The summed E-state index contributed by atoms with van der Waals surface area (Å²) >= 11 is 0. The molecule has 0 amide bonds. The molecule has 2 N–H and O–H groups in total. The summed E-state index contributed by atoms with van der Waals surface area (Å²) in [5.74, 6) is 1.86. The van der Waals surface area contributed by atoms with E-state index in [2.05, 4.69) is 29.5 Å². The highest BCUT2D eigenvalue weighted by Crippen LogP contribution is 2.10. The van der Waals surface area contributed by atoms with Crippen molar-refractivity contribution in [3.8, 4) is 0 Å². The van der Waals surface area contributed by atoms with E-state index in [4.69, 9.17) is 0 Å². The molecule has 0 saturated carbocycles. The Balaban J connectivity index is 2.05. The lowest BCUT2D eigenvalue weighted by Crippen LogP contribution is -2.34. The summed E-state index contributed by atoms with van der Waals surface area (Å²) < 4.78 is 0. The second-order valence-electron chi connectivity index (χ2n) is 3.56. The van der Waals surface area contributed by atoms with Gasteiger partial charge in [-0.15, -0.1) is 0 Å². The van der Waals surface area contributed by atoms with Crippen LogP contribution in [-0.4, -0.2) is 25.6 Å². The first-order valence-corrected chi connectivity index (χ1v) is 5.39. The van der Waals surface area contributed by atoms with Gasteiger partial charge < -0.3 is 10.6 Å². The van der Waals surface area contributed by atoms with E-state index in [1.165, 1.54) is 19.3 Å². The molecule has 0 fully saturated rings. The van der Waals surface area contributed by atoms with Gasteiger partial charge in [0.2, 0.25) is 0 Å². The van der Waals surface area contributed by atoms with E-state index in [0.717, 1.165) is 31.5 Å². The molecule has 3 heteroatoms. The van der Waals surface area contributed by atoms with Gasteiger partial charge in [-0.05, 0) is 12.3 Å². The monoisotopic (exact) mass is 183 g/mol. The lowest BCUT2D eigenvalue weighted by Gasteiger charge is -2.12. The van der Waals surface area contributed by atoms with Gasteiger partial charge in [0.05, 0.1) is 6.54 Å². The molecule has 3 nitrogen and oxygen atoms in total. The fraction of sp³-hybridized carbons (Fsp3) is 0.900. The minimum atomic E-state index is 0.870. The van der Waals surface area contributed by atoms with E-state index in [1.807, 2.05) is 0 Å². The van der Waals surface area contributed by atoms with Crippen LogP contribution in [0, 0.1) is 5.92 Å². The Morgan fingerprint density at radius 2 is 2.23 bits per heavy atom. The number of nitrogens with zero attached hydrogens (tertiary/aromatic N) is 1. The highest BCUT2D eigenvalue weighted by atomic mass is 15.2. The van der Waals surface area contributed by atoms with Gasteiger partial charge in [0.1, 0.15) is 0 Å². The van der Waals surface area contributed by atoms with Gasteiger partial charge in [0, 0.05) is 13.1 Å². The summed E-state index contributed by atoms with van der Waals surface area (Å²) in [6, 6.07) is 0. The van der Waals surface area contributed by atoms with Crippen molar-refractivity contribution in [2.75, 3.05) is 19.6 Å². The highest BCUT2D eigenvalue weighted by Gasteiger charge is 2.05. The molecule has 1 aliphatic rings. The van der Waals surface area contributed by atoms with Gasteiger partial charge in [0.15, 0.2) is 5.96 Å². The standard InChI is InChI=1S/C10H21N3/c1-3-9(4-2)5-6-11-10-12-7-8-13-10/h9H,3-8H2,1-2H3,(H2,11,12,13). The lowest BCUT2D eigenvalue weighted by atomic mass is 10.00. The van der Waals surface area contributed by atoms with Crippen molar-refractivity contribution in [2.45, 2.75) is 33.1 Å². The summed E-state index contributed by atoms with van der Waals surface area (Å²) in [6.45, 7) is 7.50. The van der Waals surface area contributed by atoms with Crippen molar-refractivity contribution in [3.63, 3.8) is 0 Å². The van der Waals surface area contributed by atoms with Crippen LogP contribution in [0.15, 0.2) is 4.99 Å². The Kier molecular flexibility index (Phi) is 4.65. The predicted octanol–water partition coefficient (Wildman–Crippen LogP) is 1.36. The number of nitrogens with one attached hydrogen (secondary N) is 2.